The number of carboxylic acids is 1. The molecule has 6 aromatic carbocycles. The first-order valence-corrected chi connectivity index (χ1v) is 34.2. The van der Waals surface area contributed by atoms with E-state index in [1.165, 1.54) is 19.1 Å². The number of piperidine rings is 2. The minimum Gasteiger partial charge on any atom is -0.870 e. The number of nitrogens with one attached hydrogen (secondary N) is 5. The van der Waals surface area contributed by atoms with Crippen molar-refractivity contribution in [3.8, 4) is 69.2 Å². The number of ether oxygens (including phenoxy) is 3. The summed E-state index contributed by atoms with van der Waals surface area (Å²) in [6, 6.07) is 35.2. The van der Waals surface area contributed by atoms with Gasteiger partial charge in [-0.3, -0.25) is 28.5 Å². The van der Waals surface area contributed by atoms with Crippen molar-refractivity contribution in [2.75, 3.05) is 23.7 Å². The monoisotopic (exact) mass is 1440 g/mol. The summed E-state index contributed by atoms with van der Waals surface area (Å²) in [6.07, 6.45) is 7.40. The minimum atomic E-state index is -1.17. The molecule has 10 rings (SSSR count). The van der Waals surface area contributed by atoms with E-state index < -0.39 is 53.5 Å². The standard InChI is InChI=1S/C39H43N5O6.C25H26N4O2.C16H21NO6.Li.H2O/c1-25-9-20-34(46)31(22-25)35-28(24-43(5)42-35)15-10-26-11-16-29(17-12-26)40-36(47)33-8-6-7-21-44(33)37(48)32(41-38(49)50-39(2,3)4)23-27-13-18-30(45)19-14-27;1-17-6-13-23(30)21(15-17)24-19(16-29(2)28-24)10-7-18-8-11-20(12-9-18)27-25(31)22-5-3-4-14-26-22;1-10(18)22-12-7-5-11(6-8-12)9-13(14(19)20)17-15(21)23-16(2,3)4;;/h9,11-14,16-20,22,24,32-33,45-46H,6-8,21,23H2,1-5H3,(H,40,47)(H,41,49);6,8-9,11-13,15-16,22,26,30H,3-5,14H2,1-2H3,(H,27,31);5-8,13H,9H2,1-4H3,(H,17,21)(H,19,20);;1H2/q;;;+1;/p-1/t32-,33?;;13-;;/m0.0../s1. The molecule has 2 unspecified atom stereocenters. The van der Waals surface area contributed by atoms with Gasteiger partial charge in [0, 0.05) is 86.4 Å². The molecule has 10 N–H and O–H groups in total. The molecule has 0 bridgehead atoms. The zero-order valence-electron chi connectivity index (χ0n) is 61.8. The van der Waals surface area contributed by atoms with Gasteiger partial charge < -0.3 is 71.6 Å². The van der Waals surface area contributed by atoms with Crippen LogP contribution in [0.4, 0.5) is 21.0 Å². The van der Waals surface area contributed by atoms with E-state index in [2.05, 4.69) is 60.5 Å². The molecule has 4 heterocycles. The first kappa shape index (κ1) is 83.6. The molecule has 0 radical (unpaired) electrons. The molecular weight excluding hydrogens is 1350 g/mol. The van der Waals surface area contributed by atoms with Crippen molar-refractivity contribution in [3.63, 3.8) is 0 Å². The van der Waals surface area contributed by atoms with Crippen LogP contribution < -0.4 is 50.2 Å². The maximum Gasteiger partial charge on any atom is 1.00 e. The number of esters is 1. The molecule has 0 aliphatic carbocycles. The number of alkyl carbamates (subject to hydrolysis) is 2. The van der Waals surface area contributed by atoms with Crippen LogP contribution in [0.5, 0.6) is 23.0 Å². The summed E-state index contributed by atoms with van der Waals surface area (Å²) < 4.78 is 18.7. The Hall–Kier alpha value is -11.3. The predicted molar refractivity (Wildman–Crippen MR) is 396 cm³/mol. The number of phenols is 3. The third-order valence-corrected chi connectivity index (χ3v) is 16.2. The van der Waals surface area contributed by atoms with Gasteiger partial charge in [0.25, 0.3) is 0 Å². The Morgan fingerprint density at radius 2 is 1.04 bits per heavy atom. The van der Waals surface area contributed by atoms with Crippen molar-refractivity contribution in [2.45, 2.75) is 149 Å². The van der Waals surface area contributed by atoms with Crippen molar-refractivity contribution in [1.82, 2.24) is 40.4 Å². The van der Waals surface area contributed by atoms with Crippen molar-refractivity contribution >= 4 is 53.2 Å². The molecule has 0 saturated carbocycles. The number of hydrogen-bond acceptors (Lipinski definition) is 17. The van der Waals surface area contributed by atoms with Gasteiger partial charge in [0.1, 0.15) is 63.7 Å². The smallest absolute Gasteiger partial charge is 0.870 e. The molecule has 0 spiro atoms. The number of phenolic OH excluding ortho intramolecular Hbond substituents is 3. The number of anilines is 2. The fraction of sp³-hybridized carbons (Fsp3) is 0.338. The van der Waals surface area contributed by atoms with E-state index in [1.807, 2.05) is 75.6 Å². The first-order valence-electron chi connectivity index (χ1n) is 34.2. The van der Waals surface area contributed by atoms with E-state index in [4.69, 9.17) is 14.2 Å². The number of aromatic nitrogens is 4. The molecule has 2 saturated heterocycles. The molecule has 2 aliphatic rings. The number of amides is 5. The number of aliphatic carboxylic acids is 1. The summed E-state index contributed by atoms with van der Waals surface area (Å²) in [5.41, 5.74) is 8.73. The van der Waals surface area contributed by atoms with E-state index >= 15 is 0 Å². The van der Waals surface area contributed by atoms with Gasteiger partial charge in [-0.2, -0.15) is 10.2 Å². The molecule has 2 aliphatic heterocycles. The summed E-state index contributed by atoms with van der Waals surface area (Å²) in [6.45, 7) is 16.8. The number of aryl methyl sites for hydroxylation is 4. The fourth-order valence-electron chi connectivity index (χ4n) is 11.3. The molecule has 8 aromatic rings. The number of carbonyl (C=O) groups is 7. The van der Waals surface area contributed by atoms with Crippen LogP contribution in [-0.4, -0.2) is 141 Å². The topological polar surface area (TPSA) is 357 Å². The quantitative estimate of drug-likeness (QED) is 0.0202. The Bertz CT molecular complexity index is 4500. The number of carbonyl (C=O) groups excluding carboxylic acids is 6. The summed E-state index contributed by atoms with van der Waals surface area (Å²) in [7, 11) is 3.63. The van der Waals surface area contributed by atoms with E-state index in [1.54, 1.807) is 142 Å². The minimum absolute atomic E-state index is 0. The van der Waals surface area contributed by atoms with E-state index in [0.29, 0.717) is 63.6 Å². The number of hydrogen-bond donors (Lipinski definition) is 9. The van der Waals surface area contributed by atoms with Gasteiger partial charge in [-0.15, -0.1) is 0 Å². The van der Waals surface area contributed by atoms with Gasteiger partial charge in [-0.25, -0.2) is 14.4 Å². The Morgan fingerprint density at radius 3 is 1.49 bits per heavy atom. The Balaban J connectivity index is 0.000000269. The van der Waals surface area contributed by atoms with Gasteiger partial charge >= 0.3 is 43.0 Å². The average molecular weight is 1440 g/mol. The second-order valence-electron chi connectivity index (χ2n) is 27.4. The summed E-state index contributed by atoms with van der Waals surface area (Å²) in [4.78, 5) is 88.1. The fourth-order valence-corrected chi connectivity index (χ4v) is 11.3. The Labute approximate surface area is 629 Å². The van der Waals surface area contributed by atoms with Crippen molar-refractivity contribution in [3.05, 3.63) is 190 Å². The number of benzene rings is 6. The normalized spacial score (nSPS) is 14.3. The van der Waals surface area contributed by atoms with Gasteiger partial charge in [-0.05, 0) is 202 Å². The maximum absolute atomic E-state index is 14.0. The third-order valence-electron chi connectivity index (χ3n) is 16.2. The molecule has 2 aromatic heterocycles. The molecule has 552 valence electrons. The number of nitrogens with zero attached hydrogens (tertiary/aromatic N) is 5. The molecule has 5 amide bonds. The van der Waals surface area contributed by atoms with Crippen LogP contribution in [0.15, 0.2) is 146 Å². The number of carboxylic acid groups (broad SMARTS) is 1. The van der Waals surface area contributed by atoms with Crippen LogP contribution in [0.25, 0.3) is 22.5 Å². The zero-order chi connectivity index (χ0) is 75.4. The van der Waals surface area contributed by atoms with Crippen molar-refractivity contribution < 1.29 is 92.5 Å². The van der Waals surface area contributed by atoms with Crippen LogP contribution in [0.1, 0.15) is 131 Å². The van der Waals surface area contributed by atoms with Crippen molar-refractivity contribution in [2.24, 2.45) is 14.1 Å². The average Bonchev–Trinajstić information content (AvgIpc) is 1.59. The molecule has 2 fully saturated rings. The second-order valence-corrected chi connectivity index (χ2v) is 27.4. The second kappa shape index (κ2) is 38.4. The van der Waals surface area contributed by atoms with E-state index in [0.717, 1.165) is 72.2 Å². The molecular formula is C80H91LiN10O15. The number of aromatic hydroxyl groups is 3. The molecule has 106 heavy (non-hydrogen) atoms. The molecule has 25 nitrogen and oxygen atoms in total. The van der Waals surface area contributed by atoms with Crippen LogP contribution in [0, 0.1) is 37.5 Å². The SMILES string of the molecule is CC(=O)Oc1ccc(C[C@H](NC(=O)OC(C)(C)C)C(=O)O)cc1.Cc1ccc(O)c(-c2nn(C)cc2C#Cc2ccc(NC(=O)C3CCCCN3)cc2)c1.Cc1ccc(O)c(-c2nn(C)cc2C#Cc2ccc(NC(=O)C3CCCCN3C(=O)[C@H](Cc3ccc(O)cc3)NC(=O)OC(C)(C)C)cc2)c1.[Li+].[OH-]. The zero-order valence-corrected chi connectivity index (χ0v) is 61.8. The maximum atomic E-state index is 14.0. The van der Waals surface area contributed by atoms with E-state index in [-0.39, 0.29) is 78.2 Å². The van der Waals surface area contributed by atoms with Crippen LogP contribution in [0.2, 0.25) is 0 Å². The summed E-state index contributed by atoms with van der Waals surface area (Å²) in [5.74, 6) is 11.1. The van der Waals surface area contributed by atoms with Gasteiger partial charge in [-0.1, -0.05) is 77.6 Å². The van der Waals surface area contributed by atoms with Crippen LogP contribution in [0.3, 0.4) is 0 Å². The summed E-state index contributed by atoms with van der Waals surface area (Å²) >= 11 is 0. The van der Waals surface area contributed by atoms with Gasteiger partial charge in [0.05, 0.1) is 17.2 Å². The van der Waals surface area contributed by atoms with Gasteiger partial charge in [0.15, 0.2) is 0 Å². The summed E-state index contributed by atoms with van der Waals surface area (Å²) in [5, 5.41) is 62.8. The predicted octanol–water partition coefficient (Wildman–Crippen LogP) is 8.20. The van der Waals surface area contributed by atoms with Crippen LogP contribution in [-0.2, 0) is 60.4 Å². The number of likely N-dealkylation sites (tertiary alicyclic amines) is 1. The number of rotatable bonds is 15. The Morgan fingerprint density at radius 1 is 0.585 bits per heavy atom. The first-order chi connectivity index (χ1) is 49.3. The van der Waals surface area contributed by atoms with E-state index in [9.17, 15) is 54.0 Å². The van der Waals surface area contributed by atoms with Gasteiger partial charge in [0.2, 0.25) is 17.7 Å². The third kappa shape index (κ3) is 25.8. The molecule has 4 atom stereocenters. The van der Waals surface area contributed by atoms with Crippen LogP contribution >= 0.6 is 0 Å². The Kier molecular flexibility index (Phi) is 30.3. The largest absolute Gasteiger partial charge is 1.00 e. The molecule has 26 heteroatoms. The van der Waals surface area contributed by atoms with Crippen molar-refractivity contribution in [1.29, 1.82) is 0 Å².